The van der Waals surface area contributed by atoms with E-state index in [1.165, 1.54) is 5.56 Å². The van der Waals surface area contributed by atoms with Crippen LogP contribution < -0.4 is 10.5 Å². The summed E-state index contributed by atoms with van der Waals surface area (Å²) >= 11 is 0. The first-order chi connectivity index (χ1) is 7.94. The average molecular weight is 232 g/mol. The van der Waals surface area contributed by atoms with Gasteiger partial charge >= 0.3 is 0 Å². The molecule has 2 N–H and O–H groups in total. The summed E-state index contributed by atoms with van der Waals surface area (Å²) in [5.41, 5.74) is 6.16. The van der Waals surface area contributed by atoms with Crippen LogP contribution in [0.4, 0.5) is 0 Å². The Bertz CT molecular complexity index is 405. The van der Waals surface area contributed by atoms with Gasteiger partial charge in [0.25, 0.3) is 0 Å². The highest BCUT2D eigenvalue weighted by atomic mass is 16.5. The molecule has 0 heterocycles. The van der Waals surface area contributed by atoms with E-state index in [1.807, 2.05) is 18.2 Å². The molecule has 0 radical (unpaired) electrons. The van der Waals surface area contributed by atoms with Crippen molar-refractivity contribution in [1.29, 1.82) is 5.26 Å². The molecule has 0 amide bonds. The summed E-state index contributed by atoms with van der Waals surface area (Å²) < 4.78 is 5.60. The zero-order valence-electron chi connectivity index (χ0n) is 10.7. The molecular weight excluding hydrogens is 212 g/mol. The summed E-state index contributed by atoms with van der Waals surface area (Å²) in [6, 6.07) is 10.1. The third-order valence-electron chi connectivity index (χ3n) is 2.67. The normalized spacial score (nSPS) is 14.1. The van der Waals surface area contributed by atoms with Gasteiger partial charge in [-0.15, -0.1) is 0 Å². The van der Waals surface area contributed by atoms with Gasteiger partial charge in [-0.1, -0.05) is 26.0 Å². The van der Waals surface area contributed by atoms with Gasteiger partial charge in [-0.25, -0.2) is 0 Å². The van der Waals surface area contributed by atoms with Gasteiger partial charge in [0.05, 0.1) is 12.7 Å². The number of rotatable bonds is 5. The minimum absolute atomic E-state index is 0.460. The average Bonchev–Trinajstić information content (AvgIpc) is 2.29. The van der Waals surface area contributed by atoms with Crippen LogP contribution in [0.5, 0.6) is 5.75 Å². The summed E-state index contributed by atoms with van der Waals surface area (Å²) in [6.07, 6.45) is 0.523. The van der Waals surface area contributed by atoms with E-state index in [2.05, 4.69) is 26.0 Å². The third kappa shape index (κ3) is 4.46. The monoisotopic (exact) mass is 232 g/mol. The maximum Gasteiger partial charge on any atom is 0.119 e. The molecule has 0 saturated heterocycles. The first kappa shape index (κ1) is 13.5. The minimum atomic E-state index is -0.810. The number of nitrogens with two attached hydrogens (primary N) is 1. The smallest absolute Gasteiger partial charge is 0.119 e. The van der Waals surface area contributed by atoms with Crippen LogP contribution in [0.2, 0.25) is 0 Å². The van der Waals surface area contributed by atoms with Crippen LogP contribution in [0, 0.1) is 11.3 Å². The van der Waals surface area contributed by atoms with E-state index in [4.69, 9.17) is 15.7 Å². The van der Waals surface area contributed by atoms with Gasteiger partial charge in [0.2, 0.25) is 0 Å². The Labute approximate surface area is 103 Å². The Hall–Kier alpha value is -1.53. The molecule has 1 unspecified atom stereocenters. The Morgan fingerprint density at radius 2 is 2.18 bits per heavy atom. The zero-order chi connectivity index (χ0) is 12.9. The lowest BCUT2D eigenvalue weighted by atomic mass is 10.0. The molecule has 0 aromatic heterocycles. The molecule has 1 rings (SSSR count). The Kier molecular flexibility index (Phi) is 4.53. The fraction of sp³-hybridized carbons (Fsp3) is 0.500. The van der Waals surface area contributed by atoms with Crippen molar-refractivity contribution in [3.8, 4) is 11.8 Å². The van der Waals surface area contributed by atoms with E-state index in [1.54, 1.807) is 6.92 Å². The molecule has 0 saturated carbocycles. The molecule has 92 valence electrons. The maximum absolute atomic E-state index is 8.78. The summed E-state index contributed by atoms with van der Waals surface area (Å²) in [5, 5.41) is 8.78. The van der Waals surface area contributed by atoms with E-state index in [0.717, 1.165) is 5.75 Å². The molecule has 0 aliphatic heterocycles. The van der Waals surface area contributed by atoms with Gasteiger partial charge in [-0.05, 0) is 30.5 Å². The van der Waals surface area contributed by atoms with Crippen molar-refractivity contribution < 1.29 is 4.74 Å². The summed E-state index contributed by atoms with van der Waals surface area (Å²) in [4.78, 5) is 0. The van der Waals surface area contributed by atoms with Crippen LogP contribution in [-0.2, 0) is 0 Å². The molecule has 3 nitrogen and oxygen atoms in total. The molecule has 1 aromatic carbocycles. The molecule has 1 aromatic rings. The van der Waals surface area contributed by atoms with Crippen LogP contribution in [-0.4, -0.2) is 12.1 Å². The van der Waals surface area contributed by atoms with Crippen LogP contribution >= 0.6 is 0 Å². The van der Waals surface area contributed by atoms with Gasteiger partial charge in [-0.2, -0.15) is 5.26 Å². The van der Waals surface area contributed by atoms with Crippen molar-refractivity contribution >= 4 is 0 Å². The zero-order valence-corrected chi connectivity index (χ0v) is 10.7. The van der Waals surface area contributed by atoms with Crippen molar-refractivity contribution in [1.82, 2.24) is 0 Å². The first-order valence-corrected chi connectivity index (χ1v) is 5.87. The lowest BCUT2D eigenvalue weighted by molar-refractivity contribution is 0.286. The van der Waals surface area contributed by atoms with Crippen molar-refractivity contribution in [2.75, 3.05) is 6.61 Å². The number of benzene rings is 1. The summed E-state index contributed by atoms with van der Waals surface area (Å²) in [7, 11) is 0. The van der Waals surface area contributed by atoms with Crippen molar-refractivity contribution in [3.05, 3.63) is 29.8 Å². The molecule has 0 aliphatic rings. The fourth-order valence-corrected chi connectivity index (χ4v) is 1.40. The van der Waals surface area contributed by atoms with E-state index >= 15 is 0 Å². The summed E-state index contributed by atoms with van der Waals surface area (Å²) in [5.74, 6) is 1.32. The number of nitrogens with zero attached hydrogens (tertiary/aromatic N) is 1. The topological polar surface area (TPSA) is 59.0 Å². The second-order valence-corrected chi connectivity index (χ2v) is 4.85. The van der Waals surface area contributed by atoms with Gasteiger partial charge in [0, 0.05) is 6.42 Å². The highest BCUT2D eigenvalue weighted by molar-refractivity contribution is 5.30. The first-order valence-electron chi connectivity index (χ1n) is 5.87. The highest BCUT2D eigenvalue weighted by Gasteiger charge is 2.16. The number of ether oxygens (including phenoxy) is 1. The summed E-state index contributed by atoms with van der Waals surface area (Å²) in [6.45, 7) is 6.46. The Morgan fingerprint density at radius 3 is 2.76 bits per heavy atom. The molecular formula is C14H20N2O. The lowest BCUT2D eigenvalue weighted by Gasteiger charge is -2.16. The van der Waals surface area contributed by atoms with E-state index in [-0.39, 0.29) is 0 Å². The van der Waals surface area contributed by atoms with Gasteiger partial charge < -0.3 is 10.5 Å². The van der Waals surface area contributed by atoms with Gasteiger partial charge in [0.15, 0.2) is 0 Å². The number of hydrogen-bond acceptors (Lipinski definition) is 3. The molecule has 0 spiro atoms. The second kappa shape index (κ2) is 5.70. The Balaban J connectivity index is 2.53. The largest absolute Gasteiger partial charge is 0.493 e. The third-order valence-corrected chi connectivity index (χ3v) is 2.67. The van der Waals surface area contributed by atoms with Crippen molar-refractivity contribution in [2.45, 2.75) is 38.6 Å². The van der Waals surface area contributed by atoms with E-state index < -0.39 is 5.54 Å². The molecule has 0 fully saturated rings. The highest BCUT2D eigenvalue weighted by Crippen LogP contribution is 2.20. The van der Waals surface area contributed by atoms with Crippen LogP contribution in [0.15, 0.2) is 24.3 Å². The number of hydrogen-bond donors (Lipinski definition) is 1. The predicted octanol–water partition coefficient (Wildman–Crippen LogP) is 2.82. The number of nitriles is 1. The minimum Gasteiger partial charge on any atom is -0.493 e. The van der Waals surface area contributed by atoms with Crippen molar-refractivity contribution in [2.24, 2.45) is 5.73 Å². The molecule has 0 aliphatic carbocycles. The molecule has 3 heteroatoms. The lowest BCUT2D eigenvalue weighted by Crippen LogP contribution is -2.35. The molecule has 0 bridgehead atoms. The molecule has 1 atom stereocenters. The quantitative estimate of drug-likeness (QED) is 0.849. The second-order valence-electron chi connectivity index (χ2n) is 4.85. The Morgan fingerprint density at radius 1 is 1.47 bits per heavy atom. The van der Waals surface area contributed by atoms with E-state index in [0.29, 0.717) is 18.9 Å². The maximum atomic E-state index is 8.78. The van der Waals surface area contributed by atoms with Gasteiger partial charge in [-0.3, -0.25) is 0 Å². The fourth-order valence-electron chi connectivity index (χ4n) is 1.40. The van der Waals surface area contributed by atoms with Crippen molar-refractivity contribution in [3.63, 3.8) is 0 Å². The SMILES string of the molecule is CC(C)c1cccc(OCCC(C)(N)C#N)c1. The van der Waals surface area contributed by atoms with Crippen LogP contribution in [0.25, 0.3) is 0 Å². The van der Waals surface area contributed by atoms with E-state index in [9.17, 15) is 0 Å². The van der Waals surface area contributed by atoms with Crippen LogP contribution in [0.1, 0.15) is 38.7 Å². The predicted molar refractivity (Wildman–Crippen MR) is 68.8 cm³/mol. The molecule has 17 heavy (non-hydrogen) atoms. The standard InChI is InChI=1S/C14H20N2O/c1-11(2)12-5-4-6-13(9-12)17-8-7-14(3,16)10-15/h4-6,9,11H,7-8,16H2,1-3H3. The van der Waals surface area contributed by atoms with Crippen LogP contribution in [0.3, 0.4) is 0 Å². The van der Waals surface area contributed by atoms with Gasteiger partial charge in [0.1, 0.15) is 11.3 Å².